The minimum Gasteiger partial charge on any atom is -0.353 e. The molecule has 0 amide bonds. The van der Waals surface area contributed by atoms with Gasteiger partial charge in [-0.15, -0.1) is 0 Å². The second kappa shape index (κ2) is 9.59. The molecule has 2 unspecified atom stereocenters. The van der Waals surface area contributed by atoms with E-state index in [1.165, 1.54) is 6.42 Å². The number of nitrogens with zero attached hydrogens (tertiary/aromatic N) is 9. The molecule has 3 aliphatic heterocycles. The zero-order valence-electron chi connectivity index (χ0n) is 21.9. The standard InChI is InChI=1S/C28H29N11/c1-18-10-25(33-26-11-19(2)35-36-26)34-28(32-18)20-4-7-27(30-13-20)37-16-23-12-24(17-37)38(23)15-21-5-6-22(14-29-21)39-9-3-8-31-39/h3-11,13-14,23-24H,12,15-17H2,1-2H3,(H2,32,33,34,35,36). The Bertz CT molecular complexity index is 1560. The first-order chi connectivity index (χ1) is 19.1. The average Bonchev–Trinajstić information content (AvgIpc) is 3.64. The Balaban J connectivity index is 0.996. The number of hydrogen-bond acceptors (Lipinski definition) is 9. The number of aromatic nitrogens is 8. The van der Waals surface area contributed by atoms with Crippen LogP contribution in [0, 0.1) is 13.8 Å². The number of pyridine rings is 2. The minimum atomic E-state index is 0.511. The quantitative estimate of drug-likeness (QED) is 0.332. The molecule has 0 aromatic carbocycles. The maximum absolute atomic E-state index is 4.79. The highest BCUT2D eigenvalue weighted by Gasteiger charge is 2.44. The van der Waals surface area contributed by atoms with Crippen molar-refractivity contribution in [2.24, 2.45) is 0 Å². The van der Waals surface area contributed by atoms with Gasteiger partial charge in [-0.25, -0.2) is 19.6 Å². The second-order valence-electron chi connectivity index (χ2n) is 10.3. The van der Waals surface area contributed by atoms with Crippen LogP contribution in [0.1, 0.15) is 23.5 Å². The molecular formula is C28H29N11. The maximum Gasteiger partial charge on any atom is 0.163 e. The molecule has 5 aromatic heterocycles. The first-order valence-corrected chi connectivity index (χ1v) is 13.1. The molecular weight excluding hydrogens is 490 g/mol. The molecule has 11 nitrogen and oxygen atoms in total. The molecule has 39 heavy (non-hydrogen) atoms. The predicted molar refractivity (Wildman–Crippen MR) is 148 cm³/mol. The average molecular weight is 520 g/mol. The van der Waals surface area contributed by atoms with Gasteiger partial charge < -0.3 is 10.2 Å². The Kier molecular flexibility index (Phi) is 5.77. The van der Waals surface area contributed by atoms with Gasteiger partial charge in [0.2, 0.25) is 0 Å². The number of fused-ring (bicyclic) bond motifs is 2. The lowest BCUT2D eigenvalue weighted by Crippen LogP contribution is -2.68. The number of aromatic amines is 1. The molecule has 0 saturated carbocycles. The Hall–Kier alpha value is -4.64. The first-order valence-electron chi connectivity index (χ1n) is 13.1. The molecule has 11 heteroatoms. The summed E-state index contributed by atoms with van der Waals surface area (Å²) < 4.78 is 1.83. The van der Waals surface area contributed by atoms with Gasteiger partial charge in [0.15, 0.2) is 11.6 Å². The Morgan fingerprint density at radius 3 is 2.56 bits per heavy atom. The Morgan fingerprint density at radius 2 is 1.87 bits per heavy atom. The Morgan fingerprint density at radius 1 is 0.974 bits per heavy atom. The van der Waals surface area contributed by atoms with Crippen molar-refractivity contribution in [1.29, 1.82) is 0 Å². The summed E-state index contributed by atoms with van der Waals surface area (Å²) in [7, 11) is 0. The van der Waals surface area contributed by atoms with E-state index >= 15 is 0 Å². The van der Waals surface area contributed by atoms with Crippen molar-refractivity contribution in [2.45, 2.75) is 38.9 Å². The number of rotatable bonds is 7. The van der Waals surface area contributed by atoms with Gasteiger partial charge in [-0.2, -0.15) is 10.2 Å². The van der Waals surface area contributed by atoms with Gasteiger partial charge in [0.1, 0.15) is 11.6 Å². The molecule has 3 saturated heterocycles. The van der Waals surface area contributed by atoms with Crippen molar-refractivity contribution in [3.8, 4) is 17.1 Å². The van der Waals surface area contributed by atoms with Gasteiger partial charge in [-0.05, 0) is 50.6 Å². The van der Waals surface area contributed by atoms with E-state index in [2.05, 4.69) is 64.6 Å². The zero-order valence-corrected chi connectivity index (χ0v) is 21.9. The van der Waals surface area contributed by atoms with Crippen LogP contribution in [-0.4, -0.2) is 70.0 Å². The van der Waals surface area contributed by atoms with E-state index in [0.29, 0.717) is 23.7 Å². The first kappa shape index (κ1) is 23.5. The Labute approximate surface area is 226 Å². The number of hydrogen-bond donors (Lipinski definition) is 2. The second-order valence-corrected chi connectivity index (χ2v) is 10.3. The van der Waals surface area contributed by atoms with Crippen LogP contribution in [-0.2, 0) is 6.54 Å². The number of piperazine rings is 1. The van der Waals surface area contributed by atoms with Crippen LogP contribution in [0.4, 0.5) is 17.5 Å². The lowest BCUT2D eigenvalue weighted by Gasteiger charge is -2.56. The van der Waals surface area contributed by atoms with Gasteiger partial charge >= 0.3 is 0 Å². The summed E-state index contributed by atoms with van der Waals surface area (Å²) in [6.45, 7) is 6.72. The highest BCUT2D eigenvalue weighted by molar-refractivity contribution is 5.61. The van der Waals surface area contributed by atoms with Gasteiger partial charge in [0, 0.05) is 79.4 Å². The van der Waals surface area contributed by atoms with Crippen LogP contribution in [0.25, 0.3) is 17.1 Å². The molecule has 8 rings (SSSR count). The molecule has 0 radical (unpaired) electrons. The van der Waals surface area contributed by atoms with E-state index in [0.717, 1.165) is 59.6 Å². The number of piperidine rings is 1. The lowest BCUT2D eigenvalue weighted by atomic mass is 9.87. The largest absolute Gasteiger partial charge is 0.353 e. The maximum atomic E-state index is 4.79. The highest BCUT2D eigenvalue weighted by Crippen LogP contribution is 2.35. The van der Waals surface area contributed by atoms with E-state index < -0.39 is 0 Å². The SMILES string of the molecule is Cc1cc(Nc2cc(C)[nH]n2)nc(-c2ccc(N3CC4CC(C3)N4Cc3ccc(-n4cccn4)cn3)nc2)n1. The number of nitrogens with one attached hydrogen (secondary N) is 2. The fraction of sp³-hybridized carbons (Fsp3) is 0.286. The molecule has 8 heterocycles. The number of anilines is 3. The van der Waals surface area contributed by atoms with Gasteiger partial charge in [-0.1, -0.05) is 0 Å². The van der Waals surface area contributed by atoms with Crippen molar-refractivity contribution < 1.29 is 0 Å². The van der Waals surface area contributed by atoms with E-state index in [1.54, 1.807) is 6.20 Å². The molecule has 3 fully saturated rings. The van der Waals surface area contributed by atoms with E-state index in [4.69, 9.17) is 9.97 Å². The van der Waals surface area contributed by atoms with Crippen molar-refractivity contribution in [3.05, 3.63) is 84.3 Å². The summed E-state index contributed by atoms with van der Waals surface area (Å²) in [5, 5.41) is 14.7. The zero-order chi connectivity index (χ0) is 26.3. The van der Waals surface area contributed by atoms with Gasteiger partial charge in [0.25, 0.3) is 0 Å². The third-order valence-corrected chi connectivity index (χ3v) is 7.41. The molecule has 0 aliphatic carbocycles. The van der Waals surface area contributed by atoms with Crippen molar-refractivity contribution in [1.82, 2.24) is 44.8 Å². The molecule has 2 atom stereocenters. The van der Waals surface area contributed by atoms with E-state index in [-0.39, 0.29) is 0 Å². The summed E-state index contributed by atoms with van der Waals surface area (Å²) in [5.41, 5.74) is 4.81. The molecule has 2 N–H and O–H groups in total. The van der Waals surface area contributed by atoms with Gasteiger partial charge in [-0.3, -0.25) is 15.0 Å². The van der Waals surface area contributed by atoms with Gasteiger partial charge in [0.05, 0.1) is 17.6 Å². The van der Waals surface area contributed by atoms with Crippen LogP contribution in [0.2, 0.25) is 0 Å². The fourth-order valence-electron chi connectivity index (χ4n) is 5.47. The third kappa shape index (κ3) is 4.72. The summed E-state index contributed by atoms with van der Waals surface area (Å²) in [4.78, 5) is 23.8. The summed E-state index contributed by atoms with van der Waals surface area (Å²) in [6.07, 6.45) is 8.69. The van der Waals surface area contributed by atoms with Crippen LogP contribution in [0.3, 0.4) is 0 Å². The molecule has 5 aromatic rings. The topological polar surface area (TPSA) is 117 Å². The minimum absolute atomic E-state index is 0.511. The van der Waals surface area contributed by atoms with Crippen LogP contribution in [0.5, 0.6) is 0 Å². The van der Waals surface area contributed by atoms with E-state index in [9.17, 15) is 0 Å². The molecule has 3 aliphatic rings. The summed E-state index contributed by atoms with van der Waals surface area (Å²) in [5.74, 6) is 3.06. The fourth-order valence-corrected chi connectivity index (χ4v) is 5.47. The predicted octanol–water partition coefficient (Wildman–Crippen LogP) is 3.67. The van der Waals surface area contributed by atoms with Crippen LogP contribution < -0.4 is 10.2 Å². The van der Waals surface area contributed by atoms with Crippen LogP contribution in [0.15, 0.2) is 67.3 Å². The molecule has 0 spiro atoms. The monoisotopic (exact) mass is 519 g/mol. The smallest absolute Gasteiger partial charge is 0.163 e. The number of aryl methyl sites for hydroxylation is 2. The molecule has 196 valence electrons. The van der Waals surface area contributed by atoms with Crippen molar-refractivity contribution in [3.63, 3.8) is 0 Å². The summed E-state index contributed by atoms with van der Waals surface area (Å²) >= 11 is 0. The lowest BCUT2D eigenvalue weighted by molar-refractivity contribution is -0.00967. The molecule has 2 bridgehead atoms. The summed E-state index contributed by atoms with van der Waals surface area (Å²) in [6, 6.07) is 15.1. The van der Waals surface area contributed by atoms with Crippen molar-refractivity contribution in [2.75, 3.05) is 23.3 Å². The van der Waals surface area contributed by atoms with Crippen molar-refractivity contribution >= 4 is 17.5 Å². The number of H-pyrrole nitrogens is 1. The van der Waals surface area contributed by atoms with Crippen LogP contribution >= 0.6 is 0 Å². The third-order valence-electron chi connectivity index (χ3n) is 7.41. The highest BCUT2D eigenvalue weighted by atomic mass is 15.4. The van der Waals surface area contributed by atoms with E-state index in [1.807, 2.05) is 55.3 Å². The normalized spacial score (nSPS) is 18.7.